The summed E-state index contributed by atoms with van der Waals surface area (Å²) in [5, 5.41) is 0.123. The zero-order valence-electron chi connectivity index (χ0n) is 10.3. The zero-order valence-corrected chi connectivity index (χ0v) is 11.1. The lowest BCUT2D eigenvalue weighted by Gasteiger charge is -2.18. The van der Waals surface area contributed by atoms with Gasteiger partial charge in [-0.3, -0.25) is 0 Å². The van der Waals surface area contributed by atoms with E-state index in [9.17, 15) is 13.2 Å². The first-order chi connectivity index (χ1) is 8.25. The van der Waals surface area contributed by atoms with E-state index in [0.29, 0.717) is 17.8 Å². The quantitative estimate of drug-likeness (QED) is 0.790. The molecule has 1 aromatic heterocycles. The molecule has 102 valence electrons. The fourth-order valence-electron chi connectivity index (χ4n) is 1.20. The first-order valence-electron chi connectivity index (χ1n) is 5.52. The molecule has 0 aliphatic heterocycles. The van der Waals surface area contributed by atoms with Crippen molar-refractivity contribution in [3.8, 4) is 5.88 Å². The molecule has 1 rings (SSSR count). The van der Waals surface area contributed by atoms with Crippen LogP contribution in [0.2, 0.25) is 5.15 Å². The lowest BCUT2D eigenvalue weighted by atomic mass is 10.3. The summed E-state index contributed by atoms with van der Waals surface area (Å²) in [6.07, 6.45) is -5.06. The van der Waals surface area contributed by atoms with Crippen molar-refractivity contribution in [3.05, 3.63) is 16.5 Å². The van der Waals surface area contributed by atoms with Gasteiger partial charge < -0.3 is 4.74 Å². The van der Waals surface area contributed by atoms with Gasteiger partial charge in [0.15, 0.2) is 6.10 Å². The molecule has 0 amide bonds. The molecule has 0 fully saturated rings. The number of ether oxygens (including phenoxy) is 1. The summed E-state index contributed by atoms with van der Waals surface area (Å²) in [6, 6.07) is 0. The van der Waals surface area contributed by atoms with Gasteiger partial charge in [-0.05, 0) is 20.3 Å². The maximum atomic E-state index is 12.4. The largest absolute Gasteiger partial charge is 0.465 e. The van der Waals surface area contributed by atoms with Crippen molar-refractivity contribution < 1.29 is 17.9 Å². The van der Waals surface area contributed by atoms with Crippen LogP contribution in [0.15, 0.2) is 0 Å². The van der Waals surface area contributed by atoms with Gasteiger partial charge in [0.25, 0.3) is 0 Å². The first-order valence-corrected chi connectivity index (χ1v) is 5.89. The molecule has 0 bridgehead atoms. The Morgan fingerprint density at radius 2 is 1.94 bits per heavy atom. The molecule has 18 heavy (non-hydrogen) atoms. The van der Waals surface area contributed by atoms with Gasteiger partial charge in [-0.15, -0.1) is 0 Å². The van der Waals surface area contributed by atoms with Crippen molar-refractivity contribution in [2.75, 3.05) is 0 Å². The summed E-state index contributed by atoms with van der Waals surface area (Å²) in [7, 11) is 0. The minimum atomic E-state index is -4.44. The summed E-state index contributed by atoms with van der Waals surface area (Å²) in [4.78, 5) is 7.94. The van der Waals surface area contributed by atoms with E-state index < -0.39 is 12.3 Å². The van der Waals surface area contributed by atoms with Crippen LogP contribution in [0.3, 0.4) is 0 Å². The SMILES string of the molecule is CCCc1nc(Cl)c(C)c(OC(C)C(F)(F)F)n1. The van der Waals surface area contributed by atoms with Crippen LogP contribution >= 0.6 is 11.6 Å². The van der Waals surface area contributed by atoms with E-state index in [1.807, 2.05) is 6.92 Å². The van der Waals surface area contributed by atoms with E-state index >= 15 is 0 Å². The third-order valence-corrected chi connectivity index (χ3v) is 2.68. The third-order valence-electron chi connectivity index (χ3n) is 2.31. The van der Waals surface area contributed by atoms with Crippen molar-refractivity contribution in [3.63, 3.8) is 0 Å². The molecule has 0 aliphatic rings. The second-order valence-electron chi connectivity index (χ2n) is 3.91. The van der Waals surface area contributed by atoms with Crippen molar-refractivity contribution in [1.29, 1.82) is 0 Å². The standard InChI is InChI=1S/C11H14ClF3N2O/c1-4-5-8-16-9(12)6(2)10(17-8)18-7(3)11(13,14)15/h7H,4-5H2,1-3H3. The van der Waals surface area contributed by atoms with Crippen LogP contribution in [-0.2, 0) is 6.42 Å². The molecule has 1 atom stereocenters. The summed E-state index contributed by atoms with van der Waals surface area (Å²) >= 11 is 5.84. The Labute approximate surface area is 108 Å². The van der Waals surface area contributed by atoms with E-state index in [-0.39, 0.29) is 11.0 Å². The number of aromatic nitrogens is 2. The minimum absolute atomic E-state index is 0.108. The molecule has 1 heterocycles. The topological polar surface area (TPSA) is 35.0 Å². The first kappa shape index (κ1) is 15.0. The Bertz CT molecular complexity index is 423. The highest BCUT2D eigenvalue weighted by Gasteiger charge is 2.38. The monoisotopic (exact) mass is 282 g/mol. The molecule has 0 N–H and O–H groups in total. The molecular weight excluding hydrogens is 269 g/mol. The number of hydrogen-bond donors (Lipinski definition) is 0. The predicted molar refractivity (Wildman–Crippen MR) is 61.9 cm³/mol. The number of alkyl halides is 3. The average Bonchev–Trinajstić information content (AvgIpc) is 2.24. The lowest BCUT2D eigenvalue weighted by Crippen LogP contribution is -2.31. The van der Waals surface area contributed by atoms with Crippen molar-refractivity contribution >= 4 is 11.6 Å². The number of rotatable bonds is 4. The molecule has 3 nitrogen and oxygen atoms in total. The van der Waals surface area contributed by atoms with Gasteiger partial charge in [-0.25, -0.2) is 4.98 Å². The summed E-state index contributed by atoms with van der Waals surface area (Å²) < 4.78 is 42.1. The normalized spacial score (nSPS) is 13.5. The maximum Gasteiger partial charge on any atom is 0.425 e. The summed E-state index contributed by atoms with van der Waals surface area (Å²) in [5.41, 5.74) is 0.313. The molecular formula is C11H14ClF3N2O. The average molecular weight is 283 g/mol. The highest BCUT2D eigenvalue weighted by molar-refractivity contribution is 6.30. The fraction of sp³-hybridized carbons (Fsp3) is 0.636. The lowest BCUT2D eigenvalue weighted by molar-refractivity contribution is -0.190. The smallest absolute Gasteiger partial charge is 0.425 e. The van der Waals surface area contributed by atoms with Crippen LogP contribution in [0.1, 0.15) is 31.7 Å². The second kappa shape index (κ2) is 5.73. The molecule has 0 radical (unpaired) electrons. The number of nitrogens with zero attached hydrogens (tertiary/aromatic N) is 2. The third kappa shape index (κ3) is 3.73. The Balaban J connectivity index is 3.00. The van der Waals surface area contributed by atoms with Crippen LogP contribution < -0.4 is 4.74 Å². The number of hydrogen-bond acceptors (Lipinski definition) is 3. The molecule has 1 aromatic rings. The van der Waals surface area contributed by atoms with E-state index in [2.05, 4.69) is 9.97 Å². The highest BCUT2D eigenvalue weighted by Crippen LogP contribution is 2.28. The molecule has 0 saturated carbocycles. The number of aryl methyl sites for hydroxylation is 1. The second-order valence-corrected chi connectivity index (χ2v) is 4.27. The van der Waals surface area contributed by atoms with E-state index in [1.54, 1.807) is 0 Å². The molecule has 0 aliphatic carbocycles. The molecule has 0 saturated heterocycles. The van der Waals surface area contributed by atoms with E-state index in [0.717, 1.165) is 13.3 Å². The summed E-state index contributed by atoms with van der Waals surface area (Å²) in [5.74, 6) is 0.278. The van der Waals surface area contributed by atoms with Crippen LogP contribution in [0.4, 0.5) is 13.2 Å². The van der Waals surface area contributed by atoms with Crippen LogP contribution in [0.25, 0.3) is 0 Å². The van der Waals surface area contributed by atoms with Gasteiger partial charge >= 0.3 is 6.18 Å². The molecule has 1 unspecified atom stereocenters. The van der Waals surface area contributed by atoms with E-state index in [1.165, 1.54) is 6.92 Å². The Morgan fingerprint density at radius 1 is 1.33 bits per heavy atom. The Morgan fingerprint density at radius 3 is 2.44 bits per heavy atom. The van der Waals surface area contributed by atoms with Crippen molar-refractivity contribution in [2.45, 2.75) is 45.9 Å². The summed E-state index contributed by atoms with van der Waals surface area (Å²) in [6.45, 7) is 4.36. The van der Waals surface area contributed by atoms with E-state index in [4.69, 9.17) is 16.3 Å². The zero-order chi connectivity index (χ0) is 13.9. The van der Waals surface area contributed by atoms with Gasteiger partial charge in [-0.1, -0.05) is 18.5 Å². The van der Waals surface area contributed by atoms with Crippen LogP contribution in [0.5, 0.6) is 5.88 Å². The van der Waals surface area contributed by atoms with Gasteiger partial charge in [0.2, 0.25) is 5.88 Å². The number of halogens is 4. The maximum absolute atomic E-state index is 12.4. The Kier molecular flexibility index (Phi) is 4.78. The predicted octanol–water partition coefficient (Wildman–Crippen LogP) is 3.72. The van der Waals surface area contributed by atoms with Crippen LogP contribution in [0, 0.1) is 6.92 Å². The van der Waals surface area contributed by atoms with Gasteiger partial charge in [0, 0.05) is 12.0 Å². The molecule has 0 aromatic carbocycles. The van der Waals surface area contributed by atoms with Gasteiger partial charge in [-0.2, -0.15) is 18.2 Å². The van der Waals surface area contributed by atoms with Crippen LogP contribution in [-0.4, -0.2) is 22.2 Å². The van der Waals surface area contributed by atoms with Crippen molar-refractivity contribution in [1.82, 2.24) is 9.97 Å². The molecule has 0 spiro atoms. The van der Waals surface area contributed by atoms with Gasteiger partial charge in [0.05, 0.1) is 0 Å². The molecule has 7 heteroatoms. The van der Waals surface area contributed by atoms with Gasteiger partial charge in [0.1, 0.15) is 11.0 Å². The fourth-order valence-corrected chi connectivity index (χ4v) is 1.37. The minimum Gasteiger partial charge on any atom is -0.465 e. The van der Waals surface area contributed by atoms with Crippen molar-refractivity contribution in [2.24, 2.45) is 0 Å². The Hall–Kier alpha value is -1.04. The highest BCUT2D eigenvalue weighted by atomic mass is 35.5.